The zero-order valence-corrected chi connectivity index (χ0v) is 16.5. The number of nitrogens with zero attached hydrogens (tertiary/aromatic N) is 2. The number of hydrogen-bond acceptors (Lipinski definition) is 1. The monoisotopic (exact) mass is 368 g/mol. The highest BCUT2D eigenvalue weighted by molar-refractivity contribution is 6.07. The number of rotatable bonds is 7. The normalized spacial score (nSPS) is 13.5. The van der Waals surface area contributed by atoms with Gasteiger partial charge in [0.25, 0.3) is 0 Å². The molecule has 0 saturated carbocycles. The lowest BCUT2D eigenvalue weighted by molar-refractivity contribution is 0.585. The number of aryl methyl sites for hydroxylation is 1. The molecule has 0 spiro atoms. The zero-order valence-electron chi connectivity index (χ0n) is 16.5. The molecule has 1 aliphatic heterocycles. The molecule has 3 aromatic carbocycles. The summed E-state index contributed by atoms with van der Waals surface area (Å²) < 4.78 is 2.52. The molecule has 5 rings (SSSR count). The van der Waals surface area contributed by atoms with Gasteiger partial charge in [0.05, 0.1) is 0 Å². The maximum absolute atomic E-state index is 2.57. The van der Waals surface area contributed by atoms with Crippen molar-refractivity contribution in [1.82, 2.24) is 4.57 Å². The Morgan fingerprint density at radius 1 is 0.607 bits per heavy atom. The summed E-state index contributed by atoms with van der Waals surface area (Å²) in [4.78, 5) is 2.57. The standard InChI is InChI=1S/C26H28N2/c1(9-18-27-20-17-21-11-3-6-14-24(21)27)2-10-19-28-25-15-7-4-12-22(25)23-13-5-8-16-26(23)28/h3-8,11-16H,1-2,9-10,17-20H2. The number of unbranched alkanes of at least 4 members (excludes halogenated alkanes) is 3. The number of benzene rings is 3. The van der Waals surface area contributed by atoms with Gasteiger partial charge in [0.1, 0.15) is 0 Å². The molecule has 2 nitrogen and oxygen atoms in total. The molecule has 1 aromatic heterocycles. The van der Waals surface area contributed by atoms with E-state index in [0.29, 0.717) is 0 Å². The second-order valence-electron chi connectivity index (χ2n) is 7.97. The first-order valence-electron chi connectivity index (χ1n) is 10.7. The minimum atomic E-state index is 1.11. The maximum Gasteiger partial charge on any atom is 0.0491 e. The van der Waals surface area contributed by atoms with Crippen molar-refractivity contribution in [1.29, 1.82) is 0 Å². The van der Waals surface area contributed by atoms with E-state index in [-0.39, 0.29) is 0 Å². The fraction of sp³-hybridized carbons (Fsp3) is 0.308. The third-order valence-electron chi connectivity index (χ3n) is 6.22. The first-order valence-corrected chi connectivity index (χ1v) is 10.7. The summed E-state index contributed by atoms with van der Waals surface area (Å²) in [7, 11) is 0. The molecule has 2 heterocycles. The zero-order chi connectivity index (χ0) is 18.8. The van der Waals surface area contributed by atoms with Gasteiger partial charge >= 0.3 is 0 Å². The summed E-state index contributed by atoms with van der Waals surface area (Å²) >= 11 is 0. The van der Waals surface area contributed by atoms with Crippen molar-refractivity contribution in [2.24, 2.45) is 0 Å². The molecule has 1 aliphatic rings. The highest BCUT2D eigenvalue weighted by atomic mass is 15.1. The average molecular weight is 369 g/mol. The number of anilines is 1. The van der Waals surface area contributed by atoms with Crippen LogP contribution >= 0.6 is 0 Å². The van der Waals surface area contributed by atoms with Crippen LogP contribution in [-0.2, 0) is 13.0 Å². The lowest BCUT2D eigenvalue weighted by Crippen LogP contribution is -2.21. The third kappa shape index (κ3) is 3.17. The van der Waals surface area contributed by atoms with Crippen LogP contribution in [0.4, 0.5) is 5.69 Å². The van der Waals surface area contributed by atoms with Crippen LogP contribution in [0.15, 0.2) is 72.8 Å². The molecule has 0 fully saturated rings. The van der Waals surface area contributed by atoms with Gasteiger partial charge in [-0.25, -0.2) is 0 Å². The Morgan fingerprint density at radius 3 is 1.96 bits per heavy atom. The Bertz CT molecular complexity index is 1040. The molecule has 142 valence electrons. The van der Waals surface area contributed by atoms with Crippen molar-refractivity contribution in [2.75, 3.05) is 18.0 Å². The summed E-state index contributed by atoms with van der Waals surface area (Å²) in [6.45, 7) is 3.51. The van der Waals surface area contributed by atoms with Gasteiger partial charge in [-0.1, -0.05) is 67.4 Å². The van der Waals surface area contributed by atoms with E-state index < -0.39 is 0 Å². The quantitative estimate of drug-likeness (QED) is 0.342. The predicted molar refractivity (Wildman–Crippen MR) is 120 cm³/mol. The smallest absolute Gasteiger partial charge is 0.0491 e. The van der Waals surface area contributed by atoms with E-state index in [1.165, 1.54) is 78.3 Å². The summed E-state index contributed by atoms with van der Waals surface area (Å²) in [5.41, 5.74) is 5.73. The highest BCUT2D eigenvalue weighted by Gasteiger charge is 2.17. The van der Waals surface area contributed by atoms with Crippen LogP contribution in [0.1, 0.15) is 31.2 Å². The van der Waals surface area contributed by atoms with E-state index in [2.05, 4.69) is 82.3 Å². The molecule has 0 N–H and O–H groups in total. The number of aromatic nitrogens is 1. The highest BCUT2D eigenvalue weighted by Crippen LogP contribution is 2.29. The summed E-state index contributed by atoms with van der Waals surface area (Å²) in [5, 5.41) is 2.76. The lowest BCUT2D eigenvalue weighted by atomic mass is 10.1. The number of fused-ring (bicyclic) bond motifs is 4. The Labute approximate surface area is 167 Å². The summed E-state index contributed by atoms with van der Waals surface area (Å²) in [5.74, 6) is 0. The Morgan fingerprint density at radius 2 is 1.21 bits per heavy atom. The molecule has 0 radical (unpaired) electrons. The minimum absolute atomic E-state index is 1.11. The molecule has 0 bridgehead atoms. The fourth-order valence-corrected chi connectivity index (χ4v) is 4.81. The van der Waals surface area contributed by atoms with E-state index in [1.807, 2.05) is 0 Å². The first-order chi connectivity index (χ1) is 13.9. The third-order valence-corrected chi connectivity index (χ3v) is 6.22. The second kappa shape index (κ2) is 7.71. The van der Waals surface area contributed by atoms with Crippen molar-refractivity contribution >= 4 is 27.5 Å². The van der Waals surface area contributed by atoms with Crippen molar-refractivity contribution in [3.63, 3.8) is 0 Å². The lowest BCUT2D eigenvalue weighted by Gasteiger charge is -2.19. The number of hydrogen-bond donors (Lipinski definition) is 0. The molecule has 0 amide bonds. The predicted octanol–water partition coefficient (Wildman–Crippen LogP) is 6.42. The van der Waals surface area contributed by atoms with Crippen LogP contribution in [-0.4, -0.2) is 17.7 Å². The van der Waals surface area contributed by atoms with Gasteiger partial charge in [0.2, 0.25) is 0 Å². The van der Waals surface area contributed by atoms with Crippen molar-refractivity contribution in [2.45, 2.75) is 38.6 Å². The van der Waals surface area contributed by atoms with Crippen molar-refractivity contribution < 1.29 is 0 Å². The van der Waals surface area contributed by atoms with Crippen molar-refractivity contribution in [3.05, 3.63) is 78.4 Å². The molecule has 0 aliphatic carbocycles. The van der Waals surface area contributed by atoms with Crippen LogP contribution in [0.2, 0.25) is 0 Å². The molecule has 28 heavy (non-hydrogen) atoms. The van der Waals surface area contributed by atoms with E-state index >= 15 is 0 Å². The van der Waals surface area contributed by atoms with Crippen LogP contribution in [0.5, 0.6) is 0 Å². The van der Waals surface area contributed by atoms with Gasteiger partial charge in [0.15, 0.2) is 0 Å². The van der Waals surface area contributed by atoms with Crippen LogP contribution in [0.3, 0.4) is 0 Å². The summed E-state index contributed by atoms with van der Waals surface area (Å²) in [6.07, 6.45) is 6.37. The van der Waals surface area contributed by atoms with Crippen LogP contribution in [0, 0.1) is 0 Å². The molecule has 4 aromatic rings. The largest absolute Gasteiger partial charge is 0.371 e. The molecular formula is C26H28N2. The maximum atomic E-state index is 2.57. The average Bonchev–Trinajstić information content (AvgIpc) is 3.30. The Kier molecular flexibility index (Phi) is 4.78. The Hall–Kier alpha value is -2.74. The second-order valence-corrected chi connectivity index (χ2v) is 7.97. The van der Waals surface area contributed by atoms with Gasteiger partial charge in [-0.15, -0.1) is 0 Å². The first kappa shape index (κ1) is 17.4. The van der Waals surface area contributed by atoms with Crippen LogP contribution < -0.4 is 4.90 Å². The van der Waals surface area contributed by atoms with Crippen LogP contribution in [0.25, 0.3) is 21.8 Å². The van der Waals surface area contributed by atoms with Crippen molar-refractivity contribution in [3.8, 4) is 0 Å². The fourth-order valence-electron chi connectivity index (χ4n) is 4.81. The van der Waals surface area contributed by atoms with Gasteiger partial charge in [-0.3, -0.25) is 0 Å². The summed E-state index contributed by atoms with van der Waals surface area (Å²) in [6, 6.07) is 26.5. The van der Waals surface area contributed by atoms with Gasteiger partial charge in [-0.05, 0) is 43.0 Å². The molecule has 0 unspecified atom stereocenters. The van der Waals surface area contributed by atoms with Gasteiger partial charge < -0.3 is 9.47 Å². The minimum Gasteiger partial charge on any atom is -0.371 e. The molecule has 2 heteroatoms. The molecule has 0 atom stereocenters. The van der Waals surface area contributed by atoms with Gasteiger partial charge in [-0.2, -0.15) is 0 Å². The topological polar surface area (TPSA) is 8.17 Å². The van der Waals surface area contributed by atoms with E-state index in [4.69, 9.17) is 0 Å². The van der Waals surface area contributed by atoms with E-state index in [1.54, 1.807) is 0 Å². The van der Waals surface area contributed by atoms with E-state index in [0.717, 1.165) is 6.54 Å². The van der Waals surface area contributed by atoms with E-state index in [9.17, 15) is 0 Å². The Balaban J connectivity index is 1.17. The SMILES string of the molecule is c1ccc2c(c1)CCN2CCCCCCn1c2ccccc2c2ccccc21. The molecular weight excluding hydrogens is 340 g/mol. The molecule has 0 saturated heterocycles. The number of para-hydroxylation sites is 3. The van der Waals surface area contributed by atoms with Gasteiger partial charge in [0, 0.05) is 47.1 Å².